The smallest absolute Gasteiger partial charge is 0.467 e. The summed E-state index contributed by atoms with van der Waals surface area (Å²) < 4.78 is 40.9. The maximum absolute atomic E-state index is 11.6. The van der Waals surface area contributed by atoms with E-state index in [0.717, 1.165) is 0 Å². The van der Waals surface area contributed by atoms with Crippen LogP contribution in [0, 0.1) is 0 Å². The molecular weight excluding hydrogens is 332 g/mol. The zero-order valence-corrected chi connectivity index (χ0v) is 12.3. The van der Waals surface area contributed by atoms with E-state index >= 15 is 0 Å². The van der Waals surface area contributed by atoms with E-state index in [-0.39, 0.29) is 11.5 Å². The summed E-state index contributed by atoms with van der Waals surface area (Å²) in [5, 5.41) is 0. The highest BCUT2D eigenvalue weighted by Gasteiger charge is 2.32. The number of hydrogen-bond acceptors (Lipinski definition) is 10. The first-order valence-corrected chi connectivity index (χ1v) is 7.43. The summed E-state index contributed by atoms with van der Waals surface area (Å²) in [5.74, 6) is -2.83. The Bertz CT molecular complexity index is 706. The van der Waals surface area contributed by atoms with Gasteiger partial charge in [-0.25, -0.2) is 9.59 Å². The lowest BCUT2D eigenvalue weighted by Gasteiger charge is -2.11. The van der Waals surface area contributed by atoms with E-state index in [1.165, 1.54) is 36.8 Å². The minimum atomic E-state index is -4.99. The van der Waals surface area contributed by atoms with E-state index in [2.05, 4.69) is 8.37 Å². The van der Waals surface area contributed by atoms with Gasteiger partial charge in [-0.1, -0.05) is 0 Å². The van der Waals surface area contributed by atoms with Gasteiger partial charge < -0.3 is 28.7 Å². The number of carbonyl (C=O) groups excluding carboxylic acids is 2. The molecule has 0 amide bonds. The molecule has 2 aromatic rings. The number of furan rings is 2. The van der Waals surface area contributed by atoms with Gasteiger partial charge >= 0.3 is 22.3 Å². The molecule has 2 heterocycles. The number of carbonyl (C=O) groups is 2. The number of nitrogens with two attached hydrogens (primary N) is 2. The Morgan fingerprint density at radius 1 is 0.913 bits per heavy atom. The zero-order chi connectivity index (χ0) is 17.0. The number of rotatable bonds is 6. The molecule has 0 aliphatic carbocycles. The molecule has 0 aromatic carbocycles. The first-order valence-electron chi connectivity index (χ1n) is 6.09. The van der Waals surface area contributed by atoms with Crippen molar-refractivity contribution < 1.29 is 35.2 Å². The summed E-state index contributed by atoms with van der Waals surface area (Å²) >= 11 is 0. The molecule has 2 atom stereocenters. The Kier molecular flexibility index (Phi) is 4.83. The molecule has 0 fully saturated rings. The van der Waals surface area contributed by atoms with Crippen LogP contribution in [0.3, 0.4) is 0 Å². The lowest BCUT2D eigenvalue weighted by molar-refractivity contribution is -0.139. The second-order valence-electron chi connectivity index (χ2n) is 4.20. The van der Waals surface area contributed by atoms with Crippen molar-refractivity contribution in [3.63, 3.8) is 0 Å². The maximum Gasteiger partial charge on any atom is 0.506 e. The predicted molar refractivity (Wildman–Crippen MR) is 72.4 cm³/mol. The minimum absolute atomic E-state index is 0.0242. The summed E-state index contributed by atoms with van der Waals surface area (Å²) in [4.78, 5) is 23.2. The molecule has 2 unspecified atom stereocenters. The van der Waals surface area contributed by atoms with Gasteiger partial charge in [-0.3, -0.25) is 0 Å². The van der Waals surface area contributed by atoms with Crippen LogP contribution >= 0.6 is 0 Å². The van der Waals surface area contributed by atoms with Crippen molar-refractivity contribution >= 4 is 22.3 Å². The van der Waals surface area contributed by atoms with E-state index in [9.17, 15) is 18.0 Å². The van der Waals surface area contributed by atoms with E-state index in [1.54, 1.807) is 0 Å². The second kappa shape index (κ2) is 6.64. The standard InChI is InChI=1S/C12H12N2O8S/c13-9(7-3-1-5-19-7)11(15)21-23(17,18)22-12(16)10(14)8-4-2-6-20-8/h1-6,9-10H,13-14H2. The average molecular weight is 344 g/mol. The Morgan fingerprint density at radius 3 is 1.61 bits per heavy atom. The SMILES string of the molecule is NC(C(=O)OS(=O)(=O)OC(=O)C(N)c1ccco1)c1ccco1. The second-order valence-corrected chi connectivity index (χ2v) is 5.35. The Hall–Kier alpha value is -2.63. The lowest BCUT2D eigenvalue weighted by Crippen LogP contribution is -2.30. The van der Waals surface area contributed by atoms with Crippen LogP contribution in [0.15, 0.2) is 45.6 Å². The van der Waals surface area contributed by atoms with Gasteiger partial charge in [-0.2, -0.15) is 0 Å². The van der Waals surface area contributed by atoms with Gasteiger partial charge in [0, 0.05) is 0 Å². The van der Waals surface area contributed by atoms with Crippen molar-refractivity contribution in [3.05, 3.63) is 48.3 Å². The quantitative estimate of drug-likeness (QED) is 0.722. The molecule has 0 radical (unpaired) electrons. The summed E-state index contributed by atoms with van der Waals surface area (Å²) in [6.07, 6.45) is 2.47. The third-order valence-corrected chi connectivity index (χ3v) is 3.31. The topological polar surface area (TPSA) is 165 Å². The van der Waals surface area contributed by atoms with Crippen LogP contribution < -0.4 is 11.5 Å². The molecule has 0 aliphatic rings. The third-order valence-electron chi connectivity index (χ3n) is 2.58. The van der Waals surface area contributed by atoms with Gasteiger partial charge in [0.2, 0.25) is 0 Å². The Morgan fingerprint density at radius 2 is 1.30 bits per heavy atom. The molecule has 10 nitrogen and oxygen atoms in total. The molecule has 11 heteroatoms. The molecule has 0 spiro atoms. The normalized spacial score (nSPS) is 14.0. The Balaban J connectivity index is 1.99. The highest BCUT2D eigenvalue weighted by Crippen LogP contribution is 2.16. The third kappa shape index (κ3) is 4.18. The van der Waals surface area contributed by atoms with Crippen molar-refractivity contribution in [2.45, 2.75) is 12.1 Å². The molecule has 0 aliphatic heterocycles. The van der Waals surface area contributed by atoms with Crippen molar-refractivity contribution in [1.82, 2.24) is 0 Å². The molecular formula is C12H12N2O8S. The molecule has 2 rings (SSSR count). The minimum Gasteiger partial charge on any atom is -0.467 e. The van der Waals surface area contributed by atoms with Gasteiger partial charge in [0.15, 0.2) is 12.1 Å². The van der Waals surface area contributed by atoms with Crippen LogP contribution in [-0.2, 0) is 28.4 Å². The van der Waals surface area contributed by atoms with Gasteiger partial charge in [-0.05, 0) is 24.3 Å². The summed E-state index contributed by atoms with van der Waals surface area (Å²) in [7, 11) is -4.99. The molecule has 2 aromatic heterocycles. The van der Waals surface area contributed by atoms with Gasteiger partial charge in [0.25, 0.3) is 0 Å². The Labute approximate surface area is 130 Å². The number of hydrogen-bond donors (Lipinski definition) is 2. The highest BCUT2D eigenvalue weighted by molar-refractivity contribution is 7.82. The summed E-state index contributed by atoms with van der Waals surface area (Å²) in [5.41, 5.74) is 10.9. The van der Waals surface area contributed by atoms with Crippen LogP contribution in [-0.4, -0.2) is 20.4 Å². The fourth-order valence-electron chi connectivity index (χ4n) is 1.49. The average Bonchev–Trinajstić information content (AvgIpc) is 3.17. The summed E-state index contributed by atoms with van der Waals surface area (Å²) in [6, 6.07) is 2.57. The summed E-state index contributed by atoms with van der Waals surface area (Å²) in [6.45, 7) is 0. The van der Waals surface area contributed by atoms with E-state index in [4.69, 9.17) is 20.3 Å². The first kappa shape index (κ1) is 16.7. The van der Waals surface area contributed by atoms with Crippen LogP contribution in [0.1, 0.15) is 23.6 Å². The van der Waals surface area contributed by atoms with Crippen molar-refractivity contribution in [2.24, 2.45) is 11.5 Å². The fourth-order valence-corrected chi connectivity index (χ4v) is 2.13. The maximum atomic E-state index is 11.6. The van der Waals surface area contributed by atoms with Gasteiger partial charge in [0.1, 0.15) is 11.5 Å². The van der Waals surface area contributed by atoms with E-state index < -0.39 is 34.4 Å². The lowest BCUT2D eigenvalue weighted by atomic mass is 10.2. The zero-order valence-electron chi connectivity index (χ0n) is 11.4. The molecule has 23 heavy (non-hydrogen) atoms. The molecule has 4 N–H and O–H groups in total. The van der Waals surface area contributed by atoms with E-state index in [1.807, 2.05) is 0 Å². The molecule has 0 saturated carbocycles. The van der Waals surface area contributed by atoms with E-state index in [0.29, 0.717) is 0 Å². The predicted octanol–water partition coefficient (Wildman–Crippen LogP) is -0.0964. The van der Waals surface area contributed by atoms with Crippen molar-refractivity contribution in [3.8, 4) is 0 Å². The van der Waals surface area contributed by atoms with Crippen LogP contribution in [0.25, 0.3) is 0 Å². The van der Waals surface area contributed by atoms with Crippen molar-refractivity contribution in [1.29, 1.82) is 0 Å². The molecule has 0 saturated heterocycles. The van der Waals surface area contributed by atoms with Crippen LogP contribution in [0.4, 0.5) is 0 Å². The van der Waals surface area contributed by atoms with Gasteiger partial charge in [-0.15, -0.1) is 8.42 Å². The largest absolute Gasteiger partial charge is 0.506 e. The van der Waals surface area contributed by atoms with Gasteiger partial charge in [0.05, 0.1) is 12.5 Å². The van der Waals surface area contributed by atoms with Crippen LogP contribution in [0.2, 0.25) is 0 Å². The molecule has 0 bridgehead atoms. The fraction of sp³-hybridized carbons (Fsp3) is 0.167. The van der Waals surface area contributed by atoms with Crippen LogP contribution in [0.5, 0.6) is 0 Å². The highest BCUT2D eigenvalue weighted by atomic mass is 32.3. The first-order chi connectivity index (χ1) is 10.8. The van der Waals surface area contributed by atoms with Crippen molar-refractivity contribution in [2.75, 3.05) is 0 Å². The molecule has 124 valence electrons. The monoisotopic (exact) mass is 344 g/mol.